The second-order valence-electron chi connectivity index (χ2n) is 5.31. The van der Waals surface area contributed by atoms with Crippen LogP contribution in [0.15, 0.2) is 36.4 Å². The van der Waals surface area contributed by atoms with Crippen molar-refractivity contribution in [2.75, 3.05) is 13.2 Å². The first-order valence-electron chi connectivity index (χ1n) is 7.22. The van der Waals surface area contributed by atoms with Crippen molar-refractivity contribution in [2.45, 2.75) is 20.8 Å². The van der Waals surface area contributed by atoms with E-state index in [9.17, 15) is 4.79 Å². The molecule has 0 bridgehead atoms. The lowest BCUT2D eigenvalue weighted by molar-refractivity contribution is 0.0947. The summed E-state index contributed by atoms with van der Waals surface area (Å²) in [4.78, 5) is 11.9. The monoisotopic (exact) mass is 317 g/mol. The Balaban J connectivity index is 1.83. The van der Waals surface area contributed by atoms with Gasteiger partial charge in [-0.05, 0) is 67.8 Å². The van der Waals surface area contributed by atoms with Gasteiger partial charge in [0.2, 0.25) is 0 Å². The van der Waals surface area contributed by atoms with Crippen molar-refractivity contribution in [3.8, 4) is 5.75 Å². The predicted octanol–water partition coefficient (Wildman–Crippen LogP) is 4.07. The molecule has 0 unspecified atom stereocenters. The van der Waals surface area contributed by atoms with Crippen LogP contribution in [0.25, 0.3) is 0 Å². The lowest BCUT2D eigenvalue weighted by Gasteiger charge is -2.12. The third-order valence-corrected chi connectivity index (χ3v) is 3.79. The number of rotatable bonds is 5. The molecule has 0 aliphatic rings. The van der Waals surface area contributed by atoms with E-state index in [2.05, 4.69) is 25.2 Å². The average molecular weight is 318 g/mol. The number of ether oxygens (including phenoxy) is 1. The van der Waals surface area contributed by atoms with Gasteiger partial charge in [-0.25, -0.2) is 0 Å². The van der Waals surface area contributed by atoms with Crippen molar-refractivity contribution in [3.05, 3.63) is 63.7 Å². The van der Waals surface area contributed by atoms with E-state index in [1.54, 1.807) is 24.3 Å². The summed E-state index contributed by atoms with van der Waals surface area (Å²) in [6.07, 6.45) is 0. The third-order valence-electron chi connectivity index (χ3n) is 3.54. The highest BCUT2D eigenvalue weighted by atomic mass is 35.5. The maximum absolute atomic E-state index is 11.9. The van der Waals surface area contributed by atoms with Crippen molar-refractivity contribution in [3.63, 3.8) is 0 Å². The number of nitrogens with one attached hydrogen (secondary N) is 1. The van der Waals surface area contributed by atoms with Crippen LogP contribution in [-0.2, 0) is 0 Å². The molecule has 0 aliphatic heterocycles. The number of halogens is 1. The van der Waals surface area contributed by atoms with Crippen LogP contribution in [0, 0.1) is 20.8 Å². The first kappa shape index (κ1) is 16.4. The summed E-state index contributed by atoms with van der Waals surface area (Å²) < 4.78 is 5.74. The molecule has 0 heterocycles. The Labute approximate surface area is 136 Å². The molecule has 0 saturated carbocycles. The third kappa shape index (κ3) is 4.25. The first-order chi connectivity index (χ1) is 10.5. The fourth-order valence-electron chi connectivity index (χ4n) is 2.12. The molecule has 1 amide bonds. The van der Waals surface area contributed by atoms with Crippen LogP contribution in [0.3, 0.4) is 0 Å². The van der Waals surface area contributed by atoms with Crippen LogP contribution in [0.2, 0.25) is 5.02 Å². The van der Waals surface area contributed by atoms with Gasteiger partial charge in [-0.15, -0.1) is 0 Å². The molecule has 3 nitrogen and oxygen atoms in total. The summed E-state index contributed by atoms with van der Waals surface area (Å²) >= 11 is 5.80. The number of carbonyl (C=O) groups is 1. The van der Waals surface area contributed by atoms with E-state index in [4.69, 9.17) is 16.3 Å². The Hall–Kier alpha value is -2.00. The van der Waals surface area contributed by atoms with E-state index in [0.29, 0.717) is 23.7 Å². The highest BCUT2D eigenvalue weighted by Crippen LogP contribution is 2.22. The number of amides is 1. The second kappa shape index (κ2) is 7.32. The van der Waals surface area contributed by atoms with Gasteiger partial charge >= 0.3 is 0 Å². The molecule has 22 heavy (non-hydrogen) atoms. The maximum atomic E-state index is 11.9. The van der Waals surface area contributed by atoms with Gasteiger partial charge in [0.05, 0.1) is 6.54 Å². The Bertz CT molecular complexity index is 666. The van der Waals surface area contributed by atoms with Gasteiger partial charge in [-0.1, -0.05) is 17.7 Å². The molecule has 0 atom stereocenters. The summed E-state index contributed by atoms with van der Waals surface area (Å²) in [5.41, 5.74) is 4.14. The van der Waals surface area contributed by atoms with Crippen LogP contribution in [0.4, 0.5) is 0 Å². The number of carbonyl (C=O) groups excluding carboxylic acids is 1. The minimum absolute atomic E-state index is 0.128. The molecule has 0 spiro atoms. The van der Waals surface area contributed by atoms with Crippen molar-refractivity contribution < 1.29 is 9.53 Å². The molecule has 2 aromatic carbocycles. The maximum Gasteiger partial charge on any atom is 0.251 e. The normalized spacial score (nSPS) is 10.4. The molecule has 0 saturated heterocycles. The lowest BCUT2D eigenvalue weighted by atomic mass is 10.1. The molecule has 0 fully saturated rings. The van der Waals surface area contributed by atoms with Crippen molar-refractivity contribution >= 4 is 17.5 Å². The van der Waals surface area contributed by atoms with E-state index in [1.807, 2.05) is 13.0 Å². The zero-order valence-corrected chi connectivity index (χ0v) is 13.8. The number of benzene rings is 2. The van der Waals surface area contributed by atoms with E-state index >= 15 is 0 Å². The summed E-state index contributed by atoms with van der Waals surface area (Å²) in [6.45, 7) is 7.05. The van der Waals surface area contributed by atoms with Crippen LogP contribution < -0.4 is 10.1 Å². The van der Waals surface area contributed by atoms with Gasteiger partial charge in [-0.3, -0.25) is 4.79 Å². The van der Waals surface area contributed by atoms with Gasteiger partial charge < -0.3 is 10.1 Å². The van der Waals surface area contributed by atoms with Crippen LogP contribution in [-0.4, -0.2) is 19.1 Å². The first-order valence-corrected chi connectivity index (χ1v) is 7.59. The summed E-state index contributed by atoms with van der Waals surface area (Å²) in [7, 11) is 0. The zero-order chi connectivity index (χ0) is 16.1. The topological polar surface area (TPSA) is 38.3 Å². The Morgan fingerprint density at radius 3 is 2.36 bits per heavy atom. The van der Waals surface area contributed by atoms with E-state index in [0.717, 1.165) is 11.3 Å². The summed E-state index contributed by atoms with van der Waals surface area (Å²) in [5.74, 6) is 0.737. The van der Waals surface area contributed by atoms with Gasteiger partial charge in [0.1, 0.15) is 12.4 Å². The molecule has 0 aromatic heterocycles. The van der Waals surface area contributed by atoms with Gasteiger partial charge in [0.15, 0.2) is 0 Å². The molecule has 116 valence electrons. The molecule has 4 heteroatoms. The highest BCUT2D eigenvalue weighted by Gasteiger charge is 2.06. The molecule has 2 aromatic rings. The molecule has 1 N–H and O–H groups in total. The standard InChI is InChI=1S/C18H20ClNO2/c1-12-10-14(3)17(11-13(12)2)22-9-8-20-18(21)15-4-6-16(19)7-5-15/h4-7,10-11H,8-9H2,1-3H3,(H,20,21). The van der Waals surface area contributed by atoms with Gasteiger partial charge in [0, 0.05) is 10.6 Å². The molecule has 0 radical (unpaired) electrons. The fourth-order valence-corrected chi connectivity index (χ4v) is 2.24. The van der Waals surface area contributed by atoms with Crippen LogP contribution in [0.5, 0.6) is 5.75 Å². The fraction of sp³-hybridized carbons (Fsp3) is 0.278. The van der Waals surface area contributed by atoms with Crippen molar-refractivity contribution in [1.29, 1.82) is 0 Å². The SMILES string of the molecule is Cc1cc(C)c(OCCNC(=O)c2ccc(Cl)cc2)cc1C. The van der Waals surface area contributed by atoms with Crippen LogP contribution >= 0.6 is 11.6 Å². The largest absolute Gasteiger partial charge is 0.491 e. The van der Waals surface area contributed by atoms with Crippen molar-refractivity contribution in [1.82, 2.24) is 5.32 Å². The van der Waals surface area contributed by atoms with Crippen LogP contribution in [0.1, 0.15) is 27.0 Å². The van der Waals surface area contributed by atoms with Gasteiger partial charge in [-0.2, -0.15) is 0 Å². The molecular weight excluding hydrogens is 298 g/mol. The van der Waals surface area contributed by atoms with E-state index in [1.165, 1.54) is 11.1 Å². The minimum atomic E-state index is -0.128. The average Bonchev–Trinajstić information content (AvgIpc) is 2.49. The molecular formula is C18H20ClNO2. The molecule has 2 rings (SSSR count). The Morgan fingerprint density at radius 2 is 1.68 bits per heavy atom. The Kier molecular flexibility index (Phi) is 5.45. The highest BCUT2D eigenvalue weighted by molar-refractivity contribution is 6.30. The van der Waals surface area contributed by atoms with Crippen molar-refractivity contribution in [2.24, 2.45) is 0 Å². The number of aryl methyl sites for hydroxylation is 3. The summed E-state index contributed by atoms with van der Waals surface area (Å²) in [5, 5.41) is 3.44. The quantitative estimate of drug-likeness (QED) is 0.844. The van der Waals surface area contributed by atoms with Gasteiger partial charge in [0.25, 0.3) is 5.91 Å². The number of hydrogen-bond acceptors (Lipinski definition) is 2. The predicted molar refractivity (Wildman–Crippen MR) is 89.9 cm³/mol. The number of hydrogen-bond donors (Lipinski definition) is 1. The zero-order valence-electron chi connectivity index (χ0n) is 13.1. The lowest BCUT2D eigenvalue weighted by Crippen LogP contribution is -2.28. The van der Waals surface area contributed by atoms with E-state index < -0.39 is 0 Å². The van der Waals surface area contributed by atoms with E-state index in [-0.39, 0.29) is 5.91 Å². The second-order valence-corrected chi connectivity index (χ2v) is 5.75. The molecule has 0 aliphatic carbocycles. The minimum Gasteiger partial charge on any atom is -0.491 e. The smallest absolute Gasteiger partial charge is 0.251 e. The summed E-state index contributed by atoms with van der Waals surface area (Å²) in [6, 6.07) is 10.9. The Morgan fingerprint density at radius 1 is 1.05 bits per heavy atom.